The van der Waals surface area contributed by atoms with E-state index in [-0.39, 0.29) is 5.91 Å². The van der Waals surface area contributed by atoms with E-state index in [0.29, 0.717) is 5.92 Å². The zero-order chi connectivity index (χ0) is 22.9. The molecule has 1 atom stereocenters. The van der Waals surface area contributed by atoms with E-state index < -0.39 is 0 Å². The number of thiazole rings is 2. The molecule has 33 heavy (non-hydrogen) atoms. The van der Waals surface area contributed by atoms with Crippen molar-refractivity contribution in [3.8, 4) is 0 Å². The first kappa shape index (κ1) is 22.2. The minimum absolute atomic E-state index is 0.0153. The number of fused-ring (bicyclic) bond motifs is 1. The van der Waals surface area contributed by atoms with Crippen LogP contribution in [0.2, 0.25) is 0 Å². The average Bonchev–Trinajstić information content (AvgIpc) is 3.44. The van der Waals surface area contributed by atoms with Crippen molar-refractivity contribution in [1.82, 2.24) is 14.9 Å². The second-order valence-electron chi connectivity index (χ2n) is 8.79. The smallest absolute Gasteiger partial charge is 0.230 e. The van der Waals surface area contributed by atoms with E-state index in [4.69, 9.17) is 9.97 Å². The number of aryl methyl sites for hydroxylation is 1. The maximum atomic E-state index is 12.6. The third kappa shape index (κ3) is 4.58. The van der Waals surface area contributed by atoms with Gasteiger partial charge in [0.05, 0.1) is 26.6 Å². The molecule has 0 spiro atoms. The van der Waals surface area contributed by atoms with Crippen LogP contribution in [0.1, 0.15) is 47.5 Å². The number of nitrogens with zero attached hydrogens (tertiary/aromatic N) is 4. The summed E-state index contributed by atoms with van der Waals surface area (Å²) in [6, 6.07) is 14.5. The monoisotopic (exact) mass is 476 g/mol. The molecular formula is C26H28N4OS2. The van der Waals surface area contributed by atoms with Gasteiger partial charge in [0.1, 0.15) is 0 Å². The third-order valence-corrected chi connectivity index (χ3v) is 8.49. The molecule has 2 aromatic carbocycles. The van der Waals surface area contributed by atoms with Crippen molar-refractivity contribution in [2.75, 3.05) is 18.0 Å². The third-order valence-electron chi connectivity index (χ3n) is 6.41. The van der Waals surface area contributed by atoms with Crippen molar-refractivity contribution in [3.63, 3.8) is 0 Å². The number of carbonyl (C=O) groups excluding carboxylic acids is 1. The topological polar surface area (TPSA) is 49.3 Å². The molecule has 3 heterocycles. The second-order valence-corrected chi connectivity index (χ2v) is 10.7. The average molecular weight is 477 g/mol. The van der Waals surface area contributed by atoms with Crippen LogP contribution in [0, 0.1) is 13.8 Å². The Morgan fingerprint density at radius 1 is 1.15 bits per heavy atom. The highest BCUT2D eigenvalue weighted by Gasteiger charge is 2.26. The van der Waals surface area contributed by atoms with Crippen LogP contribution in [0.4, 0.5) is 10.8 Å². The fourth-order valence-corrected chi connectivity index (χ4v) is 6.52. The van der Waals surface area contributed by atoms with Crippen molar-refractivity contribution >= 4 is 49.6 Å². The predicted octanol–water partition coefficient (Wildman–Crippen LogP) is 6.43. The summed E-state index contributed by atoms with van der Waals surface area (Å²) in [5.74, 6) is 0.455. The van der Waals surface area contributed by atoms with Gasteiger partial charge in [-0.3, -0.25) is 14.6 Å². The Morgan fingerprint density at radius 2 is 2.00 bits per heavy atom. The van der Waals surface area contributed by atoms with Crippen molar-refractivity contribution in [1.29, 1.82) is 0 Å². The van der Waals surface area contributed by atoms with Crippen LogP contribution in [0.15, 0.2) is 47.8 Å². The van der Waals surface area contributed by atoms with Crippen LogP contribution >= 0.6 is 22.7 Å². The Bertz CT molecular complexity index is 1260. The van der Waals surface area contributed by atoms with E-state index in [1.165, 1.54) is 28.1 Å². The molecular weight excluding hydrogens is 448 g/mol. The Hall–Kier alpha value is -2.61. The van der Waals surface area contributed by atoms with E-state index >= 15 is 0 Å². The summed E-state index contributed by atoms with van der Waals surface area (Å²) in [5.41, 5.74) is 5.33. The Morgan fingerprint density at radius 3 is 2.82 bits per heavy atom. The van der Waals surface area contributed by atoms with Crippen molar-refractivity contribution < 1.29 is 4.79 Å². The van der Waals surface area contributed by atoms with Gasteiger partial charge in [0.25, 0.3) is 0 Å². The lowest BCUT2D eigenvalue weighted by Crippen LogP contribution is -2.34. The van der Waals surface area contributed by atoms with E-state index in [0.717, 1.165) is 47.2 Å². The molecule has 1 amide bonds. The number of aromatic nitrogens is 2. The number of amides is 1. The van der Waals surface area contributed by atoms with Gasteiger partial charge in [0, 0.05) is 31.3 Å². The Labute approximate surface area is 202 Å². The van der Waals surface area contributed by atoms with Gasteiger partial charge in [-0.1, -0.05) is 24.3 Å². The zero-order valence-corrected chi connectivity index (χ0v) is 20.9. The highest BCUT2D eigenvalue weighted by atomic mass is 32.1. The zero-order valence-electron chi connectivity index (χ0n) is 19.2. The largest absolute Gasteiger partial charge is 0.297 e. The van der Waals surface area contributed by atoms with Gasteiger partial charge in [-0.2, -0.15) is 0 Å². The van der Waals surface area contributed by atoms with Gasteiger partial charge < -0.3 is 0 Å². The number of anilines is 2. The lowest BCUT2D eigenvalue weighted by molar-refractivity contribution is -0.115. The predicted molar refractivity (Wildman–Crippen MR) is 138 cm³/mol. The molecule has 0 unspecified atom stereocenters. The summed E-state index contributed by atoms with van der Waals surface area (Å²) >= 11 is 3.37. The summed E-state index contributed by atoms with van der Waals surface area (Å²) in [6.07, 6.45) is 2.35. The minimum atomic E-state index is -0.0153. The number of hydrogen-bond acceptors (Lipinski definition) is 6. The molecule has 5 nitrogen and oxygen atoms in total. The van der Waals surface area contributed by atoms with E-state index in [9.17, 15) is 4.79 Å². The molecule has 0 bridgehead atoms. The number of carbonyl (C=O) groups is 1. The van der Waals surface area contributed by atoms with Crippen LogP contribution in [0.25, 0.3) is 10.2 Å². The first-order chi connectivity index (χ1) is 16.0. The highest BCUT2D eigenvalue weighted by molar-refractivity contribution is 7.18. The van der Waals surface area contributed by atoms with Crippen LogP contribution in [0.5, 0.6) is 0 Å². The highest BCUT2D eigenvalue weighted by Crippen LogP contribution is 2.35. The lowest BCUT2D eigenvalue weighted by atomic mass is 9.98. The fraction of sp³-hybridized carbons (Fsp3) is 0.346. The van der Waals surface area contributed by atoms with Gasteiger partial charge in [-0.25, -0.2) is 9.97 Å². The number of rotatable bonds is 5. The molecule has 4 aromatic rings. The molecule has 5 rings (SSSR count). The standard InChI is InChI=1S/C26H28N4OS2/c1-17-8-6-11-23(18(17)2)30(19(3)31)26-27-21(16-32-26)15-29-13-7-9-20(14-29)25-28-22-10-4-5-12-24(22)33-25/h4-6,8,10-12,16,20H,7,9,13-15H2,1-3H3/t20-/m0/s1. The minimum Gasteiger partial charge on any atom is -0.297 e. The van der Waals surface area contributed by atoms with Crippen LogP contribution < -0.4 is 4.90 Å². The summed E-state index contributed by atoms with van der Waals surface area (Å²) in [4.78, 5) is 26.6. The summed E-state index contributed by atoms with van der Waals surface area (Å²) in [6.45, 7) is 8.61. The molecule has 0 N–H and O–H groups in total. The van der Waals surface area contributed by atoms with E-state index in [1.807, 2.05) is 23.5 Å². The van der Waals surface area contributed by atoms with Gasteiger partial charge in [-0.05, 0) is 62.6 Å². The van der Waals surface area contributed by atoms with Crippen molar-refractivity contribution in [2.45, 2.75) is 46.1 Å². The van der Waals surface area contributed by atoms with Crippen molar-refractivity contribution in [2.24, 2.45) is 0 Å². The summed E-state index contributed by atoms with van der Waals surface area (Å²) in [5, 5.41) is 4.08. The molecule has 0 saturated carbocycles. The van der Waals surface area contributed by atoms with Gasteiger partial charge in [0.2, 0.25) is 5.91 Å². The van der Waals surface area contributed by atoms with Crippen LogP contribution in [-0.4, -0.2) is 33.9 Å². The number of likely N-dealkylation sites (tertiary alicyclic amines) is 1. The summed E-state index contributed by atoms with van der Waals surface area (Å²) in [7, 11) is 0. The Kier molecular flexibility index (Phi) is 6.27. The van der Waals surface area contributed by atoms with Gasteiger partial charge in [0.15, 0.2) is 5.13 Å². The molecule has 0 aliphatic carbocycles. The normalized spacial score (nSPS) is 16.9. The fourth-order valence-electron chi connectivity index (χ4n) is 4.55. The van der Waals surface area contributed by atoms with Gasteiger partial charge in [-0.15, -0.1) is 22.7 Å². The number of benzene rings is 2. The van der Waals surface area contributed by atoms with Crippen LogP contribution in [-0.2, 0) is 11.3 Å². The lowest BCUT2D eigenvalue weighted by Gasteiger charge is -2.31. The molecule has 1 aliphatic rings. The van der Waals surface area contributed by atoms with E-state index in [1.54, 1.807) is 23.2 Å². The SMILES string of the molecule is CC(=O)N(c1nc(CN2CCC[C@H](c3nc4ccccc4s3)C2)cs1)c1cccc(C)c1C. The number of para-hydroxylation sites is 1. The molecule has 1 aliphatic heterocycles. The molecule has 170 valence electrons. The molecule has 1 saturated heterocycles. The molecule has 1 fully saturated rings. The first-order valence-corrected chi connectivity index (χ1v) is 13.1. The quantitative estimate of drug-likeness (QED) is 0.333. The van der Waals surface area contributed by atoms with Crippen LogP contribution in [0.3, 0.4) is 0 Å². The van der Waals surface area contributed by atoms with Gasteiger partial charge >= 0.3 is 0 Å². The van der Waals surface area contributed by atoms with Crippen molar-refractivity contribution in [3.05, 3.63) is 69.7 Å². The maximum Gasteiger partial charge on any atom is 0.230 e. The molecule has 7 heteroatoms. The first-order valence-electron chi connectivity index (χ1n) is 11.4. The molecule has 2 aromatic heterocycles. The maximum absolute atomic E-state index is 12.6. The Balaban J connectivity index is 1.32. The number of piperidine rings is 1. The van der Waals surface area contributed by atoms with E-state index in [2.05, 4.69) is 54.5 Å². The molecule has 0 radical (unpaired) electrons. The summed E-state index contributed by atoms with van der Waals surface area (Å²) < 4.78 is 1.27. The second kappa shape index (κ2) is 9.33. The number of hydrogen-bond donors (Lipinski definition) is 0.